The Hall–Kier alpha value is -1.62. The molecule has 1 aliphatic rings. The molecular weight excluding hydrogens is 244 g/mol. The third-order valence-electron chi connectivity index (χ3n) is 3.14. The number of nitrogens with one attached hydrogen (secondary N) is 1. The van der Waals surface area contributed by atoms with Crippen LogP contribution in [0.4, 0.5) is 0 Å². The average molecular weight is 264 g/mol. The number of amides is 1. The van der Waals surface area contributed by atoms with Crippen LogP contribution < -0.4 is 10.1 Å². The summed E-state index contributed by atoms with van der Waals surface area (Å²) in [6, 6.07) is 3.69. The van der Waals surface area contributed by atoms with Gasteiger partial charge in [0.2, 0.25) is 11.8 Å². The lowest BCUT2D eigenvalue weighted by Gasteiger charge is -2.14. The monoisotopic (exact) mass is 264 g/mol. The minimum absolute atomic E-state index is 0.105. The summed E-state index contributed by atoms with van der Waals surface area (Å²) >= 11 is 0. The molecule has 1 unspecified atom stereocenters. The number of carbonyl (C=O) groups is 1. The molecular formula is C14H20N2O3. The lowest BCUT2D eigenvalue weighted by molar-refractivity contribution is -0.132. The van der Waals surface area contributed by atoms with Gasteiger partial charge >= 0.3 is 0 Å². The van der Waals surface area contributed by atoms with Crippen LogP contribution in [0, 0.1) is 5.92 Å². The van der Waals surface area contributed by atoms with Crippen LogP contribution in [-0.2, 0) is 16.1 Å². The molecule has 1 aliphatic carbocycles. The molecule has 1 aromatic heterocycles. The van der Waals surface area contributed by atoms with Gasteiger partial charge in [-0.1, -0.05) is 6.07 Å². The number of hydrogen-bond acceptors (Lipinski definition) is 4. The smallest absolute Gasteiger partial charge is 0.249 e. The van der Waals surface area contributed by atoms with Crippen molar-refractivity contribution in [1.82, 2.24) is 10.3 Å². The Balaban J connectivity index is 1.78. The highest BCUT2D eigenvalue weighted by Gasteiger charge is 2.24. The molecule has 1 N–H and O–H groups in total. The van der Waals surface area contributed by atoms with Gasteiger partial charge in [0.15, 0.2) is 0 Å². The van der Waals surface area contributed by atoms with Gasteiger partial charge in [0, 0.05) is 18.3 Å². The predicted octanol–water partition coefficient (Wildman–Crippen LogP) is 1.52. The number of ether oxygens (including phenoxy) is 2. The number of hydrogen-bond donors (Lipinski definition) is 1. The van der Waals surface area contributed by atoms with Crippen LogP contribution in [0.2, 0.25) is 0 Å². The molecule has 19 heavy (non-hydrogen) atoms. The first-order valence-corrected chi connectivity index (χ1v) is 6.58. The van der Waals surface area contributed by atoms with Crippen LogP contribution in [0.5, 0.6) is 5.88 Å². The normalized spacial score (nSPS) is 15.9. The molecule has 2 rings (SSSR count). The van der Waals surface area contributed by atoms with Gasteiger partial charge in [-0.05, 0) is 31.7 Å². The van der Waals surface area contributed by atoms with E-state index in [9.17, 15) is 4.79 Å². The van der Waals surface area contributed by atoms with E-state index in [0.29, 0.717) is 24.9 Å². The second-order valence-corrected chi connectivity index (χ2v) is 4.81. The maximum absolute atomic E-state index is 11.9. The van der Waals surface area contributed by atoms with Crippen LogP contribution in [0.1, 0.15) is 25.3 Å². The molecule has 0 aliphatic heterocycles. The predicted molar refractivity (Wildman–Crippen MR) is 70.8 cm³/mol. The highest BCUT2D eigenvalue weighted by molar-refractivity contribution is 5.80. The molecule has 1 atom stereocenters. The molecule has 1 fully saturated rings. The molecule has 0 aromatic carbocycles. The first kappa shape index (κ1) is 13.8. The summed E-state index contributed by atoms with van der Waals surface area (Å²) in [6.45, 7) is 2.86. The third-order valence-corrected chi connectivity index (χ3v) is 3.14. The SMILES string of the molecule is COc1ncccc1CNC(=O)C(C)OCC1CC1. The highest BCUT2D eigenvalue weighted by Crippen LogP contribution is 2.29. The van der Waals surface area contributed by atoms with Gasteiger partial charge in [-0.15, -0.1) is 0 Å². The zero-order valence-corrected chi connectivity index (χ0v) is 11.4. The van der Waals surface area contributed by atoms with Crippen molar-refractivity contribution in [3.8, 4) is 5.88 Å². The second-order valence-electron chi connectivity index (χ2n) is 4.81. The zero-order chi connectivity index (χ0) is 13.7. The van der Waals surface area contributed by atoms with E-state index in [-0.39, 0.29) is 5.91 Å². The quantitative estimate of drug-likeness (QED) is 0.811. The van der Waals surface area contributed by atoms with Gasteiger partial charge in [-0.3, -0.25) is 4.79 Å². The molecule has 1 aromatic rings. The van der Waals surface area contributed by atoms with E-state index in [1.165, 1.54) is 12.8 Å². The Morgan fingerprint density at radius 3 is 3.05 bits per heavy atom. The van der Waals surface area contributed by atoms with E-state index in [0.717, 1.165) is 5.56 Å². The summed E-state index contributed by atoms with van der Waals surface area (Å²) in [6.07, 6.45) is 3.69. The van der Waals surface area contributed by atoms with E-state index in [1.807, 2.05) is 12.1 Å². The summed E-state index contributed by atoms with van der Waals surface area (Å²) in [5.74, 6) is 1.09. The van der Waals surface area contributed by atoms with Crippen molar-refractivity contribution in [3.05, 3.63) is 23.9 Å². The van der Waals surface area contributed by atoms with E-state index in [1.54, 1.807) is 20.2 Å². The van der Waals surface area contributed by atoms with Crippen molar-refractivity contribution in [2.24, 2.45) is 5.92 Å². The second kappa shape index (κ2) is 6.52. The van der Waals surface area contributed by atoms with Gasteiger partial charge < -0.3 is 14.8 Å². The van der Waals surface area contributed by atoms with Crippen LogP contribution in [0.3, 0.4) is 0 Å². The Bertz CT molecular complexity index is 432. The highest BCUT2D eigenvalue weighted by atomic mass is 16.5. The number of methoxy groups -OCH3 is 1. The van der Waals surface area contributed by atoms with E-state index in [2.05, 4.69) is 10.3 Å². The number of carbonyl (C=O) groups excluding carboxylic acids is 1. The summed E-state index contributed by atoms with van der Waals surface area (Å²) in [4.78, 5) is 15.9. The number of aromatic nitrogens is 1. The minimum atomic E-state index is -0.414. The van der Waals surface area contributed by atoms with Gasteiger partial charge in [0.25, 0.3) is 0 Å². The topological polar surface area (TPSA) is 60.5 Å². The van der Waals surface area contributed by atoms with E-state index < -0.39 is 6.10 Å². The van der Waals surface area contributed by atoms with Crippen molar-refractivity contribution in [1.29, 1.82) is 0 Å². The largest absolute Gasteiger partial charge is 0.481 e. The number of rotatable bonds is 7. The lowest BCUT2D eigenvalue weighted by Crippen LogP contribution is -2.34. The zero-order valence-electron chi connectivity index (χ0n) is 11.4. The molecule has 5 nitrogen and oxygen atoms in total. The Morgan fingerprint density at radius 2 is 2.37 bits per heavy atom. The summed E-state index contributed by atoms with van der Waals surface area (Å²) in [7, 11) is 1.56. The molecule has 1 amide bonds. The van der Waals surface area contributed by atoms with Crippen LogP contribution >= 0.6 is 0 Å². The average Bonchev–Trinajstić information content (AvgIpc) is 3.26. The first-order valence-electron chi connectivity index (χ1n) is 6.58. The molecule has 0 radical (unpaired) electrons. The number of nitrogens with zero attached hydrogens (tertiary/aromatic N) is 1. The Kier molecular flexibility index (Phi) is 4.74. The van der Waals surface area contributed by atoms with E-state index in [4.69, 9.17) is 9.47 Å². The van der Waals surface area contributed by atoms with Crippen LogP contribution in [0.15, 0.2) is 18.3 Å². The fourth-order valence-corrected chi connectivity index (χ4v) is 1.71. The van der Waals surface area contributed by atoms with Gasteiger partial charge in [0.05, 0.1) is 13.7 Å². The fourth-order valence-electron chi connectivity index (χ4n) is 1.71. The van der Waals surface area contributed by atoms with Crippen LogP contribution in [-0.4, -0.2) is 30.7 Å². The first-order chi connectivity index (χ1) is 9.20. The molecule has 1 heterocycles. The fraction of sp³-hybridized carbons (Fsp3) is 0.571. The van der Waals surface area contributed by atoms with E-state index >= 15 is 0 Å². The summed E-state index contributed by atoms with van der Waals surface area (Å²) in [5, 5.41) is 2.83. The van der Waals surface area contributed by atoms with Crippen molar-refractivity contribution in [3.63, 3.8) is 0 Å². The van der Waals surface area contributed by atoms with Gasteiger partial charge in [-0.25, -0.2) is 4.98 Å². The van der Waals surface area contributed by atoms with Crippen molar-refractivity contribution in [2.75, 3.05) is 13.7 Å². The molecule has 0 spiro atoms. The Labute approximate surface area is 113 Å². The molecule has 0 bridgehead atoms. The minimum Gasteiger partial charge on any atom is -0.481 e. The Morgan fingerprint density at radius 1 is 1.58 bits per heavy atom. The van der Waals surface area contributed by atoms with Crippen molar-refractivity contribution < 1.29 is 14.3 Å². The standard InChI is InChI=1S/C14H20N2O3/c1-10(19-9-11-5-6-11)13(17)16-8-12-4-3-7-15-14(12)18-2/h3-4,7,10-11H,5-6,8-9H2,1-2H3,(H,16,17). The maximum Gasteiger partial charge on any atom is 0.249 e. The summed E-state index contributed by atoms with van der Waals surface area (Å²) < 4.78 is 10.6. The molecule has 0 saturated heterocycles. The van der Waals surface area contributed by atoms with Crippen molar-refractivity contribution >= 4 is 5.91 Å². The molecule has 1 saturated carbocycles. The lowest BCUT2D eigenvalue weighted by atomic mass is 10.2. The third kappa shape index (κ3) is 4.21. The maximum atomic E-state index is 11.9. The van der Waals surface area contributed by atoms with Gasteiger partial charge in [-0.2, -0.15) is 0 Å². The van der Waals surface area contributed by atoms with Gasteiger partial charge in [0.1, 0.15) is 6.10 Å². The molecule has 104 valence electrons. The molecule has 5 heteroatoms. The summed E-state index contributed by atoms with van der Waals surface area (Å²) in [5.41, 5.74) is 0.854. The van der Waals surface area contributed by atoms with Crippen LogP contribution in [0.25, 0.3) is 0 Å². The number of pyridine rings is 1. The van der Waals surface area contributed by atoms with Crippen molar-refractivity contribution in [2.45, 2.75) is 32.4 Å².